The Hall–Kier alpha value is -1.84. The SMILES string of the molecule is CS(=O)(=O)N1CCCC1C(=O)NCC(=O)N1CCN(c2ccc(Cl)cc2)CC1. The van der Waals surface area contributed by atoms with E-state index in [0.717, 1.165) is 11.9 Å². The molecule has 0 radical (unpaired) electrons. The van der Waals surface area contributed by atoms with Crippen LogP contribution in [0.15, 0.2) is 24.3 Å². The molecule has 0 bridgehead atoms. The fourth-order valence-electron chi connectivity index (χ4n) is 3.66. The Bertz CT molecular complexity index is 822. The molecule has 2 aliphatic heterocycles. The molecule has 2 aliphatic rings. The van der Waals surface area contributed by atoms with Gasteiger partial charge in [-0.15, -0.1) is 0 Å². The molecule has 8 nitrogen and oxygen atoms in total. The van der Waals surface area contributed by atoms with E-state index in [0.29, 0.717) is 50.6 Å². The van der Waals surface area contributed by atoms with Crippen LogP contribution in [0.5, 0.6) is 0 Å². The van der Waals surface area contributed by atoms with Crippen LogP contribution in [0.1, 0.15) is 12.8 Å². The third kappa shape index (κ3) is 4.95. The topological polar surface area (TPSA) is 90.0 Å². The minimum Gasteiger partial charge on any atom is -0.368 e. The summed E-state index contributed by atoms with van der Waals surface area (Å²) in [5, 5.41) is 3.29. The third-order valence-corrected chi connectivity index (χ3v) is 6.71. The number of anilines is 1. The fraction of sp³-hybridized carbons (Fsp3) is 0.556. The lowest BCUT2D eigenvalue weighted by Crippen LogP contribution is -2.53. The van der Waals surface area contributed by atoms with E-state index in [-0.39, 0.29) is 12.5 Å². The number of benzene rings is 1. The van der Waals surface area contributed by atoms with Crippen LogP contribution in [0.4, 0.5) is 5.69 Å². The van der Waals surface area contributed by atoms with Crippen LogP contribution in [0.25, 0.3) is 0 Å². The van der Waals surface area contributed by atoms with Gasteiger partial charge < -0.3 is 15.1 Å². The van der Waals surface area contributed by atoms with Gasteiger partial charge in [-0.25, -0.2) is 8.42 Å². The minimum absolute atomic E-state index is 0.117. The van der Waals surface area contributed by atoms with Crippen molar-refractivity contribution < 1.29 is 18.0 Å². The second-order valence-electron chi connectivity index (χ2n) is 7.09. The van der Waals surface area contributed by atoms with Crippen molar-refractivity contribution in [3.63, 3.8) is 0 Å². The van der Waals surface area contributed by atoms with Crippen molar-refractivity contribution >= 4 is 39.1 Å². The molecule has 2 saturated heterocycles. The lowest BCUT2D eigenvalue weighted by atomic mass is 10.2. The van der Waals surface area contributed by atoms with Gasteiger partial charge in [0, 0.05) is 43.4 Å². The number of hydrogen-bond donors (Lipinski definition) is 1. The number of piperazine rings is 1. The monoisotopic (exact) mass is 428 g/mol. The Kier molecular flexibility index (Phi) is 6.47. The highest BCUT2D eigenvalue weighted by atomic mass is 35.5. The minimum atomic E-state index is -3.43. The van der Waals surface area contributed by atoms with Crippen molar-refractivity contribution in [2.75, 3.05) is 50.4 Å². The van der Waals surface area contributed by atoms with Crippen LogP contribution < -0.4 is 10.2 Å². The predicted molar refractivity (Wildman–Crippen MR) is 108 cm³/mol. The summed E-state index contributed by atoms with van der Waals surface area (Å²) in [6.45, 7) is 2.76. The Labute approximate surface area is 170 Å². The van der Waals surface area contributed by atoms with Gasteiger partial charge in [-0.05, 0) is 37.1 Å². The lowest BCUT2D eigenvalue weighted by Gasteiger charge is -2.36. The Morgan fingerprint density at radius 3 is 2.36 bits per heavy atom. The molecule has 2 heterocycles. The largest absolute Gasteiger partial charge is 0.368 e. The van der Waals surface area contributed by atoms with Gasteiger partial charge in [0.15, 0.2) is 0 Å². The number of rotatable bonds is 5. The molecule has 3 rings (SSSR count). The van der Waals surface area contributed by atoms with E-state index >= 15 is 0 Å². The molecule has 1 aromatic carbocycles. The van der Waals surface area contributed by atoms with E-state index in [1.165, 1.54) is 4.31 Å². The van der Waals surface area contributed by atoms with Gasteiger partial charge in [0.1, 0.15) is 6.04 Å². The van der Waals surface area contributed by atoms with Crippen molar-refractivity contribution in [2.45, 2.75) is 18.9 Å². The number of nitrogens with zero attached hydrogens (tertiary/aromatic N) is 3. The molecule has 1 aromatic rings. The first-order valence-electron chi connectivity index (χ1n) is 9.28. The maximum absolute atomic E-state index is 12.4. The van der Waals surface area contributed by atoms with Gasteiger partial charge in [-0.1, -0.05) is 11.6 Å². The molecule has 0 saturated carbocycles. The van der Waals surface area contributed by atoms with Crippen molar-refractivity contribution in [3.8, 4) is 0 Å². The normalized spacial score (nSPS) is 21.0. The molecule has 0 aromatic heterocycles. The number of hydrogen-bond acceptors (Lipinski definition) is 5. The molecule has 1 unspecified atom stereocenters. The van der Waals surface area contributed by atoms with E-state index in [2.05, 4.69) is 10.2 Å². The molecular formula is C18H25ClN4O4S. The first-order chi connectivity index (χ1) is 13.3. The smallest absolute Gasteiger partial charge is 0.242 e. The van der Waals surface area contributed by atoms with Crippen LogP contribution in [0, 0.1) is 0 Å². The standard InChI is InChI=1S/C18H25ClN4O4S/c1-28(26,27)23-8-2-3-16(23)18(25)20-13-17(24)22-11-9-21(10-12-22)15-6-4-14(19)5-7-15/h4-7,16H,2-3,8-13H2,1H3,(H,20,25). The summed E-state index contributed by atoms with van der Waals surface area (Å²) < 4.78 is 24.7. The number of amides is 2. The number of nitrogens with one attached hydrogen (secondary N) is 1. The van der Waals surface area contributed by atoms with Crippen molar-refractivity contribution in [1.29, 1.82) is 0 Å². The first-order valence-corrected chi connectivity index (χ1v) is 11.5. The van der Waals surface area contributed by atoms with Crippen molar-refractivity contribution in [2.24, 2.45) is 0 Å². The first kappa shape index (κ1) is 20.9. The quantitative estimate of drug-likeness (QED) is 0.738. The summed E-state index contributed by atoms with van der Waals surface area (Å²) in [7, 11) is -3.43. The molecule has 2 fully saturated rings. The summed E-state index contributed by atoms with van der Waals surface area (Å²) in [6.07, 6.45) is 2.22. The van der Waals surface area contributed by atoms with Gasteiger partial charge >= 0.3 is 0 Å². The maximum Gasteiger partial charge on any atom is 0.242 e. The van der Waals surface area contributed by atoms with Gasteiger partial charge in [-0.2, -0.15) is 4.31 Å². The molecular weight excluding hydrogens is 404 g/mol. The van der Waals surface area contributed by atoms with Gasteiger partial charge in [0.25, 0.3) is 0 Å². The highest BCUT2D eigenvalue weighted by Crippen LogP contribution is 2.21. The van der Waals surface area contributed by atoms with E-state index in [4.69, 9.17) is 11.6 Å². The zero-order valence-electron chi connectivity index (χ0n) is 15.8. The summed E-state index contributed by atoms with van der Waals surface area (Å²) in [6, 6.07) is 6.87. The average molecular weight is 429 g/mol. The molecule has 1 N–H and O–H groups in total. The van der Waals surface area contributed by atoms with Crippen LogP contribution in [0.2, 0.25) is 5.02 Å². The Morgan fingerprint density at radius 2 is 1.75 bits per heavy atom. The highest BCUT2D eigenvalue weighted by Gasteiger charge is 2.36. The van der Waals surface area contributed by atoms with Crippen molar-refractivity contribution in [3.05, 3.63) is 29.3 Å². The molecule has 0 spiro atoms. The number of carbonyl (C=O) groups is 2. The van der Waals surface area contributed by atoms with Crippen LogP contribution in [0.3, 0.4) is 0 Å². The van der Waals surface area contributed by atoms with Gasteiger partial charge in [0.2, 0.25) is 21.8 Å². The zero-order chi connectivity index (χ0) is 20.3. The lowest BCUT2D eigenvalue weighted by molar-refractivity contribution is -0.133. The zero-order valence-corrected chi connectivity index (χ0v) is 17.4. The predicted octanol–water partition coefficient (Wildman–Crippen LogP) is 0.529. The number of sulfonamides is 1. The summed E-state index contributed by atoms with van der Waals surface area (Å²) in [4.78, 5) is 28.7. The number of halogens is 1. The van der Waals surface area contributed by atoms with E-state index in [1.807, 2.05) is 24.3 Å². The molecule has 154 valence electrons. The fourth-order valence-corrected chi connectivity index (χ4v) is 4.91. The summed E-state index contributed by atoms with van der Waals surface area (Å²) >= 11 is 5.91. The van der Waals surface area contributed by atoms with Crippen molar-refractivity contribution in [1.82, 2.24) is 14.5 Å². The van der Waals surface area contributed by atoms with E-state index in [9.17, 15) is 18.0 Å². The van der Waals surface area contributed by atoms with Crippen LogP contribution in [-0.2, 0) is 19.6 Å². The molecule has 0 aliphatic carbocycles. The molecule has 10 heteroatoms. The van der Waals surface area contributed by atoms with Gasteiger partial charge in [0.05, 0.1) is 12.8 Å². The third-order valence-electron chi connectivity index (χ3n) is 5.17. The maximum atomic E-state index is 12.4. The molecule has 1 atom stereocenters. The van der Waals surface area contributed by atoms with Crippen LogP contribution in [-0.4, -0.2) is 81.0 Å². The van der Waals surface area contributed by atoms with Gasteiger partial charge in [-0.3, -0.25) is 9.59 Å². The second-order valence-corrected chi connectivity index (χ2v) is 9.47. The summed E-state index contributed by atoms with van der Waals surface area (Å²) in [5.41, 5.74) is 1.06. The number of carbonyl (C=O) groups excluding carboxylic acids is 2. The summed E-state index contributed by atoms with van der Waals surface area (Å²) in [5.74, 6) is -0.566. The molecule has 2 amide bonds. The van der Waals surface area contributed by atoms with Crippen LogP contribution >= 0.6 is 11.6 Å². The highest BCUT2D eigenvalue weighted by molar-refractivity contribution is 7.88. The average Bonchev–Trinajstić information content (AvgIpc) is 3.17. The molecule has 28 heavy (non-hydrogen) atoms. The Balaban J connectivity index is 1.47. The second kappa shape index (κ2) is 8.67. The van der Waals surface area contributed by atoms with E-state index in [1.54, 1.807) is 4.90 Å². The van der Waals surface area contributed by atoms with E-state index < -0.39 is 22.0 Å². The Morgan fingerprint density at radius 1 is 1.11 bits per heavy atom.